The first-order chi connectivity index (χ1) is 11.1. The molecule has 3 rings (SSSR count). The van der Waals surface area contributed by atoms with Crippen molar-refractivity contribution in [2.45, 2.75) is 19.1 Å². The fraction of sp³-hybridized carbons (Fsp3) is 0.438. The molecule has 4 nitrogen and oxygen atoms in total. The van der Waals surface area contributed by atoms with Gasteiger partial charge in [0.05, 0.1) is 30.0 Å². The van der Waals surface area contributed by atoms with E-state index < -0.39 is 17.7 Å². The first-order valence-corrected chi connectivity index (χ1v) is 8.38. The summed E-state index contributed by atoms with van der Waals surface area (Å²) in [6.07, 6.45) is -0.424. The molecule has 1 aliphatic heterocycles. The highest BCUT2D eigenvalue weighted by Crippen LogP contribution is 2.32. The van der Waals surface area contributed by atoms with Gasteiger partial charge in [0, 0.05) is 36.1 Å². The minimum Gasteiger partial charge on any atom is -0.371 e. The molecular formula is C16H19F2N3OS. The molecule has 2 aromatic rings. The quantitative estimate of drug-likeness (QED) is 0.931. The van der Waals surface area contributed by atoms with Crippen molar-refractivity contribution >= 4 is 11.3 Å². The van der Waals surface area contributed by atoms with Crippen molar-refractivity contribution in [1.29, 1.82) is 0 Å². The van der Waals surface area contributed by atoms with Crippen molar-refractivity contribution < 1.29 is 13.5 Å². The fourth-order valence-electron chi connectivity index (χ4n) is 2.96. The molecule has 0 bridgehead atoms. The van der Waals surface area contributed by atoms with Crippen LogP contribution in [-0.2, 0) is 4.74 Å². The van der Waals surface area contributed by atoms with Crippen molar-refractivity contribution in [3.05, 3.63) is 51.5 Å². The number of thiazole rings is 1. The van der Waals surface area contributed by atoms with Gasteiger partial charge >= 0.3 is 0 Å². The second-order valence-corrected chi connectivity index (χ2v) is 6.46. The Kier molecular flexibility index (Phi) is 5.01. The van der Waals surface area contributed by atoms with E-state index in [9.17, 15) is 8.78 Å². The predicted octanol–water partition coefficient (Wildman–Crippen LogP) is 2.80. The van der Waals surface area contributed by atoms with Crippen LogP contribution in [0.5, 0.6) is 0 Å². The van der Waals surface area contributed by atoms with E-state index in [1.807, 2.05) is 12.4 Å². The number of ether oxygens (including phenoxy) is 1. The van der Waals surface area contributed by atoms with Gasteiger partial charge in [-0.15, -0.1) is 11.3 Å². The minimum absolute atomic E-state index is 0.0393. The number of hydrogen-bond donors (Lipinski definition) is 1. The highest BCUT2D eigenvalue weighted by Gasteiger charge is 2.30. The minimum atomic E-state index is -0.584. The van der Waals surface area contributed by atoms with E-state index >= 15 is 0 Å². The standard InChI is InChI=1S/C16H19F2N3OS/c1-10-16(23-9-20-10)14(7-19)21-4-5-22-15(8-21)12-3-2-11(17)6-13(12)18/h2-3,6,9,14-15H,4-5,7-8,19H2,1H3. The molecule has 1 aromatic heterocycles. The average Bonchev–Trinajstić information content (AvgIpc) is 2.95. The largest absolute Gasteiger partial charge is 0.371 e. The molecule has 7 heteroatoms. The maximum atomic E-state index is 14.0. The van der Waals surface area contributed by atoms with Gasteiger partial charge in [0.25, 0.3) is 0 Å². The summed E-state index contributed by atoms with van der Waals surface area (Å²) in [7, 11) is 0. The molecule has 1 aromatic carbocycles. The van der Waals surface area contributed by atoms with Gasteiger partial charge in [0.15, 0.2) is 0 Å². The lowest BCUT2D eigenvalue weighted by Gasteiger charge is -2.37. The Hall–Kier alpha value is -1.41. The fourth-order valence-corrected chi connectivity index (χ4v) is 3.91. The summed E-state index contributed by atoms with van der Waals surface area (Å²) in [6, 6.07) is 3.64. The number of nitrogens with zero attached hydrogens (tertiary/aromatic N) is 2. The first-order valence-electron chi connectivity index (χ1n) is 7.50. The van der Waals surface area contributed by atoms with Crippen molar-refractivity contribution in [3.63, 3.8) is 0 Å². The van der Waals surface area contributed by atoms with Crippen LogP contribution in [0.15, 0.2) is 23.7 Å². The number of morpholine rings is 1. The number of halogens is 2. The third kappa shape index (κ3) is 3.42. The van der Waals surface area contributed by atoms with Gasteiger partial charge in [-0.1, -0.05) is 6.07 Å². The van der Waals surface area contributed by atoms with E-state index in [1.165, 1.54) is 12.1 Å². The Morgan fingerprint density at radius 3 is 2.96 bits per heavy atom. The summed E-state index contributed by atoms with van der Waals surface area (Å²) in [5, 5.41) is 0. The summed E-state index contributed by atoms with van der Waals surface area (Å²) in [4.78, 5) is 7.61. The van der Waals surface area contributed by atoms with Crippen molar-refractivity contribution in [2.75, 3.05) is 26.2 Å². The van der Waals surface area contributed by atoms with E-state index in [1.54, 1.807) is 11.3 Å². The monoisotopic (exact) mass is 339 g/mol. The van der Waals surface area contributed by atoms with Gasteiger partial charge in [-0.25, -0.2) is 13.8 Å². The zero-order valence-corrected chi connectivity index (χ0v) is 13.7. The van der Waals surface area contributed by atoms with E-state index in [0.717, 1.165) is 23.2 Å². The molecule has 0 saturated carbocycles. The van der Waals surface area contributed by atoms with Crippen LogP contribution < -0.4 is 5.73 Å². The number of benzene rings is 1. The highest BCUT2D eigenvalue weighted by molar-refractivity contribution is 7.09. The highest BCUT2D eigenvalue weighted by atomic mass is 32.1. The Bertz CT molecular complexity index is 679. The lowest BCUT2D eigenvalue weighted by atomic mass is 10.0. The van der Waals surface area contributed by atoms with Crippen molar-refractivity contribution in [2.24, 2.45) is 5.73 Å². The number of hydrogen-bond acceptors (Lipinski definition) is 5. The summed E-state index contributed by atoms with van der Waals surface area (Å²) < 4.78 is 32.8. The lowest BCUT2D eigenvalue weighted by molar-refractivity contribution is -0.0454. The van der Waals surface area contributed by atoms with E-state index in [2.05, 4.69) is 9.88 Å². The molecular weight excluding hydrogens is 320 g/mol. The average molecular weight is 339 g/mol. The van der Waals surface area contributed by atoms with Crippen LogP contribution >= 0.6 is 11.3 Å². The van der Waals surface area contributed by atoms with Gasteiger partial charge < -0.3 is 10.5 Å². The van der Waals surface area contributed by atoms with Crippen molar-refractivity contribution in [3.8, 4) is 0 Å². The molecule has 2 heterocycles. The molecule has 124 valence electrons. The van der Waals surface area contributed by atoms with E-state index in [4.69, 9.17) is 10.5 Å². The zero-order valence-electron chi connectivity index (χ0n) is 12.8. The maximum absolute atomic E-state index is 14.0. The third-order valence-electron chi connectivity index (χ3n) is 4.16. The maximum Gasteiger partial charge on any atom is 0.131 e. The predicted molar refractivity (Wildman–Crippen MR) is 85.3 cm³/mol. The Balaban J connectivity index is 1.81. The van der Waals surface area contributed by atoms with Crippen LogP contribution in [0.25, 0.3) is 0 Å². The van der Waals surface area contributed by atoms with Crippen LogP contribution in [0.4, 0.5) is 8.78 Å². The zero-order chi connectivity index (χ0) is 16.4. The number of nitrogens with two attached hydrogens (primary N) is 1. The summed E-state index contributed by atoms with van der Waals surface area (Å²) in [6.45, 7) is 4.14. The summed E-state index contributed by atoms with van der Waals surface area (Å²) in [5.41, 5.74) is 9.14. The number of aryl methyl sites for hydroxylation is 1. The molecule has 2 atom stereocenters. The van der Waals surface area contributed by atoms with Gasteiger partial charge in [0.2, 0.25) is 0 Å². The Morgan fingerprint density at radius 2 is 2.30 bits per heavy atom. The molecule has 23 heavy (non-hydrogen) atoms. The molecule has 1 fully saturated rings. The number of rotatable bonds is 4. The second kappa shape index (κ2) is 7.00. The lowest BCUT2D eigenvalue weighted by Crippen LogP contribution is -2.43. The molecule has 0 radical (unpaired) electrons. The van der Waals surface area contributed by atoms with E-state index in [-0.39, 0.29) is 6.04 Å². The van der Waals surface area contributed by atoms with Crippen LogP contribution in [-0.4, -0.2) is 36.1 Å². The van der Waals surface area contributed by atoms with E-state index in [0.29, 0.717) is 25.3 Å². The molecule has 0 aliphatic carbocycles. The summed E-state index contributed by atoms with van der Waals surface area (Å²) >= 11 is 1.58. The van der Waals surface area contributed by atoms with Crippen LogP contribution in [0.2, 0.25) is 0 Å². The molecule has 0 amide bonds. The normalized spacial score (nSPS) is 20.6. The van der Waals surface area contributed by atoms with Gasteiger partial charge in [-0.2, -0.15) is 0 Å². The molecule has 2 N–H and O–H groups in total. The summed E-state index contributed by atoms with van der Waals surface area (Å²) in [5.74, 6) is -1.16. The van der Waals surface area contributed by atoms with Crippen molar-refractivity contribution in [1.82, 2.24) is 9.88 Å². The third-order valence-corrected chi connectivity index (χ3v) is 5.19. The topological polar surface area (TPSA) is 51.4 Å². The van der Waals surface area contributed by atoms with Crippen LogP contribution in [0.3, 0.4) is 0 Å². The van der Waals surface area contributed by atoms with Gasteiger partial charge in [-0.3, -0.25) is 4.90 Å². The van der Waals surface area contributed by atoms with Crippen LogP contribution in [0, 0.1) is 18.6 Å². The van der Waals surface area contributed by atoms with Gasteiger partial charge in [-0.05, 0) is 13.0 Å². The molecule has 2 unspecified atom stereocenters. The Morgan fingerprint density at radius 1 is 1.48 bits per heavy atom. The molecule has 1 saturated heterocycles. The molecule has 0 spiro atoms. The smallest absolute Gasteiger partial charge is 0.131 e. The van der Waals surface area contributed by atoms with Gasteiger partial charge in [0.1, 0.15) is 11.6 Å². The first kappa shape index (κ1) is 16.4. The molecule has 1 aliphatic rings. The number of aromatic nitrogens is 1. The second-order valence-electron chi connectivity index (χ2n) is 5.57. The SMILES string of the molecule is Cc1ncsc1C(CN)N1CCOC(c2ccc(F)cc2F)C1. The Labute approximate surface area is 137 Å². The van der Waals surface area contributed by atoms with Crippen LogP contribution in [0.1, 0.15) is 28.3 Å².